The van der Waals surface area contributed by atoms with Crippen molar-refractivity contribution in [1.82, 2.24) is 20.4 Å². The minimum atomic E-state index is -0.246. The number of aromatic nitrogens is 2. The molecule has 1 amide bonds. The van der Waals surface area contributed by atoms with Crippen LogP contribution in [0.2, 0.25) is 0 Å². The van der Waals surface area contributed by atoms with Crippen molar-refractivity contribution in [2.75, 3.05) is 38.2 Å². The molecule has 0 aliphatic carbocycles. The zero-order valence-corrected chi connectivity index (χ0v) is 10.3. The number of carbonyl (C=O) groups is 1. The summed E-state index contributed by atoms with van der Waals surface area (Å²) in [6.45, 7) is 5.33. The monoisotopic (exact) mass is 251 g/mol. The fraction of sp³-hybridized carbons (Fsp3) is 0.545. The summed E-state index contributed by atoms with van der Waals surface area (Å²) in [5, 5.41) is 4.85. The van der Waals surface area contributed by atoms with Crippen LogP contribution < -0.4 is 10.7 Å². The van der Waals surface area contributed by atoms with Crippen LogP contribution in [-0.4, -0.2) is 53.7 Å². The molecule has 0 saturated carbocycles. The lowest BCUT2D eigenvalue weighted by Crippen LogP contribution is -2.48. The first-order valence-corrected chi connectivity index (χ1v) is 5.99. The molecule has 0 atom stereocenters. The molecule has 18 heavy (non-hydrogen) atoms. The van der Waals surface area contributed by atoms with Crippen molar-refractivity contribution in [3.8, 4) is 0 Å². The van der Waals surface area contributed by atoms with E-state index in [1.807, 2.05) is 11.9 Å². The van der Waals surface area contributed by atoms with E-state index in [0.717, 1.165) is 6.54 Å². The van der Waals surface area contributed by atoms with Crippen molar-refractivity contribution >= 4 is 11.7 Å². The molecule has 1 aliphatic heterocycles. The van der Waals surface area contributed by atoms with E-state index in [2.05, 4.69) is 20.7 Å². The van der Waals surface area contributed by atoms with Crippen LogP contribution in [0, 0.1) is 0 Å². The van der Waals surface area contributed by atoms with Crippen molar-refractivity contribution in [3.05, 3.63) is 18.1 Å². The van der Waals surface area contributed by atoms with E-state index < -0.39 is 0 Å². The van der Waals surface area contributed by atoms with E-state index in [9.17, 15) is 4.79 Å². The second kappa shape index (κ2) is 6.27. The third kappa shape index (κ3) is 3.38. The maximum atomic E-state index is 11.9. The number of carbonyl (C=O) groups excluding carboxylic acids is 1. The Morgan fingerprint density at radius 3 is 2.94 bits per heavy atom. The third-order valence-corrected chi connectivity index (χ3v) is 2.50. The second-order valence-electron chi connectivity index (χ2n) is 3.86. The van der Waals surface area contributed by atoms with Gasteiger partial charge >= 0.3 is 0 Å². The Labute approximate surface area is 106 Å². The predicted octanol–water partition coefficient (Wildman–Crippen LogP) is -0.115. The van der Waals surface area contributed by atoms with Crippen LogP contribution in [-0.2, 0) is 4.74 Å². The van der Waals surface area contributed by atoms with Gasteiger partial charge in [-0.2, -0.15) is 0 Å². The van der Waals surface area contributed by atoms with Crippen LogP contribution in [0.5, 0.6) is 0 Å². The summed E-state index contributed by atoms with van der Waals surface area (Å²) >= 11 is 0. The molecule has 2 heterocycles. The number of nitrogens with one attached hydrogen (secondary N) is 2. The Morgan fingerprint density at radius 1 is 1.44 bits per heavy atom. The van der Waals surface area contributed by atoms with Gasteiger partial charge in [0, 0.05) is 19.6 Å². The lowest BCUT2D eigenvalue weighted by atomic mass is 10.4. The molecule has 0 bridgehead atoms. The van der Waals surface area contributed by atoms with Gasteiger partial charge in [-0.05, 0) is 6.92 Å². The molecular formula is C11H17N5O2. The highest BCUT2D eigenvalue weighted by atomic mass is 16.5. The zero-order chi connectivity index (χ0) is 12.8. The summed E-state index contributed by atoms with van der Waals surface area (Å²) in [4.78, 5) is 20.1. The summed E-state index contributed by atoms with van der Waals surface area (Å²) in [7, 11) is 0. The van der Waals surface area contributed by atoms with E-state index in [0.29, 0.717) is 37.8 Å². The number of anilines is 1. The molecule has 0 radical (unpaired) electrons. The Bertz CT molecular complexity index is 406. The predicted molar refractivity (Wildman–Crippen MR) is 66.1 cm³/mol. The van der Waals surface area contributed by atoms with Crippen LogP contribution in [0.25, 0.3) is 0 Å². The molecule has 0 aromatic carbocycles. The topological polar surface area (TPSA) is 79.4 Å². The maximum absolute atomic E-state index is 11.9. The fourth-order valence-electron chi connectivity index (χ4n) is 1.62. The van der Waals surface area contributed by atoms with Gasteiger partial charge in [0.2, 0.25) is 0 Å². The van der Waals surface area contributed by atoms with Gasteiger partial charge in [0.1, 0.15) is 11.5 Å². The molecule has 1 aliphatic rings. The summed E-state index contributed by atoms with van der Waals surface area (Å²) in [6, 6.07) is 0. The standard InChI is InChI=1S/C11H17N5O2/c1-2-13-10-8-12-7-9(14-10)11(17)15-16-3-5-18-6-4-16/h7-8H,2-6H2,1H3,(H,13,14)(H,15,17). The molecule has 7 heteroatoms. The first-order valence-electron chi connectivity index (χ1n) is 5.99. The molecule has 1 aromatic heterocycles. The first kappa shape index (κ1) is 12.7. The van der Waals surface area contributed by atoms with Crippen molar-refractivity contribution in [2.45, 2.75) is 6.92 Å². The Balaban J connectivity index is 1.96. The summed E-state index contributed by atoms with van der Waals surface area (Å²) < 4.78 is 5.21. The molecule has 7 nitrogen and oxygen atoms in total. The van der Waals surface area contributed by atoms with Gasteiger partial charge in [0.15, 0.2) is 0 Å². The number of nitrogens with zero attached hydrogens (tertiary/aromatic N) is 3. The van der Waals surface area contributed by atoms with Gasteiger partial charge < -0.3 is 10.1 Å². The normalized spacial score (nSPS) is 16.3. The Morgan fingerprint density at radius 2 is 2.22 bits per heavy atom. The lowest BCUT2D eigenvalue weighted by Gasteiger charge is -2.26. The van der Waals surface area contributed by atoms with Crippen molar-refractivity contribution in [3.63, 3.8) is 0 Å². The fourth-order valence-corrected chi connectivity index (χ4v) is 1.62. The summed E-state index contributed by atoms with van der Waals surface area (Å²) in [5.41, 5.74) is 3.09. The van der Waals surface area contributed by atoms with E-state index >= 15 is 0 Å². The Hall–Kier alpha value is -1.73. The minimum Gasteiger partial charge on any atom is -0.379 e. The van der Waals surface area contributed by atoms with E-state index in [-0.39, 0.29) is 5.91 Å². The van der Waals surface area contributed by atoms with Gasteiger partial charge in [-0.15, -0.1) is 0 Å². The molecule has 1 saturated heterocycles. The highest BCUT2D eigenvalue weighted by molar-refractivity contribution is 5.91. The largest absolute Gasteiger partial charge is 0.379 e. The van der Waals surface area contributed by atoms with Crippen molar-refractivity contribution < 1.29 is 9.53 Å². The molecular weight excluding hydrogens is 234 g/mol. The number of ether oxygens (including phenoxy) is 1. The molecule has 98 valence electrons. The highest BCUT2D eigenvalue weighted by Crippen LogP contribution is 2.02. The van der Waals surface area contributed by atoms with Gasteiger partial charge in [-0.3, -0.25) is 15.2 Å². The Kier molecular flexibility index (Phi) is 4.43. The van der Waals surface area contributed by atoms with E-state index in [4.69, 9.17) is 4.74 Å². The second-order valence-corrected chi connectivity index (χ2v) is 3.86. The van der Waals surface area contributed by atoms with Crippen LogP contribution in [0.15, 0.2) is 12.4 Å². The zero-order valence-electron chi connectivity index (χ0n) is 10.3. The number of hydrogen-bond donors (Lipinski definition) is 2. The molecule has 1 aromatic rings. The summed E-state index contributed by atoms with van der Waals surface area (Å²) in [6.07, 6.45) is 3.05. The lowest BCUT2D eigenvalue weighted by molar-refractivity contribution is 0.0124. The number of rotatable bonds is 4. The van der Waals surface area contributed by atoms with Gasteiger partial charge in [-0.1, -0.05) is 0 Å². The quantitative estimate of drug-likeness (QED) is 0.777. The number of hydrazine groups is 1. The van der Waals surface area contributed by atoms with Gasteiger partial charge in [0.05, 0.1) is 25.6 Å². The van der Waals surface area contributed by atoms with Gasteiger partial charge in [-0.25, -0.2) is 9.99 Å². The average Bonchev–Trinajstić information content (AvgIpc) is 2.40. The number of hydrogen-bond acceptors (Lipinski definition) is 6. The van der Waals surface area contributed by atoms with Crippen LogP contribution >= 0.6 is 0 Å². The summed E-state index contributed by atoms with van der Waals surface area (Å²) in [5.74, 6) is 0.358. The van der Waals surface area contributed by atoms with Crippen LogP contribution in [0.3, 0.4) is 0 Å². The molecule has 0 spiro atoms. The number of morpholine rings is 1. The van der Waals surface area contributed by atoms with Crippen LogP contribution in [0.1, 0.15) is 17.4 Å². The van der Waals surface area contributed by atoms with Crippen molar-refractivity contribution in [1.29, 1.82) is 0 Å². The maximum Gasteiger partial charge on any atom is 0.285 e. The van der Waals surface area contributed by atoms with Crippen molar-refractivity contribution in [2.24, 2.45) is 0 Å². The third-order valence-electron chi connectivity index (χ3n) is 2.50. The smallest absolute Gasteiger partial charge is 0.285 e. The molecule has 0 unspecified atom stereocenters. The highest BCUT2D eigenvalue weighted by Gasteiger charge is 2.15. The van der Waals surface area contributed by atoms with E-state index in [1.54, 1.807) is 6.20 Å². The first-order chi connectivity index (χ1) is 8.79. The minimum absolute atomic E-state index is 0.246. The molecule has 2 N–H and O–H groups in total. The number of amides is 1. The average molecular weight is 251 g/mol. The van der Waals surface area contributed by atoms with Gasteiger partial charge in [0.25, 0.3) is 5.91 Å². The van der Waals surface area contributed by atoms with Crippen LogP contribution in [0.4, 0.5) is 5.82 Å². The van der Waals surface area contributed by atoms with E-state index in [1.165, 1.54) is 6.20 Å². The SMILES string of the molecule is CCNc1cncc(C(=O)NN2CCOCC2)n1. The molecule has 1 fully saturated rings. The molecule has 2 rings (SSSR count).